The maximum absolute atomic E-state index is 12.2. The summed E-state index contributed by atoms with van der Waals surface area (Å²) in [4.78, 5) is 25.3. The number of carbonyl (C=O) groups is 2. The van der Waals surface area contributed by atoms with Gasteiger partial charge in [-0.15, -0.1) is 0 Å². The summed E-state index contributed by atoms with van der Waals surface area (Å²) in [5.74, 6) is -0.0496. The lowest BCUT2D eigenvalue weighted by Crippen LogP contribution is -2.23. The molecular formula is C18H15NO3. The number of carbonyl (C=O) groups excluding carboxylic acids is 2. The van der Waals surface area contributed by atoms with E-state index in [0.717, 1.165) is 11.3 Å². The summed E-state index contributed by atoms with van der Waals surface area (Å²) >= 11 is 0. The number of benzene rings is 2. The van der Waals surface area contributed by atoms with Gasteiger partial charge in [0.1, 0.15) is 5.76 Å². The van der Waals surface area contributed by atoms with Crippen LogP contribution in [0.15, 0.2) is 48.5 Å². The highest BCUT2D eigenvalue weighted by molar-refractivity contribution is 6.07. The van der Waals surface area contributed by atoms with E-state index in [-0.39, 0.29) is 5.91 Å². The minimum atomic E-state index is -0.394. The minimum Gasteiger partial charge on any atom is -0.426 e. The molecule has 3 rings (SSSR count). The van der Waals surface area contributed by atoms with E-state index in [1.54, 1.807) is 11.0 Å². The number of fused-ring (bicyclic) bond motifs is 2. The van der Waals surface area contributed by atoms with Crippen molar-refractivity contribution in [3.8, 4) is 0 Å². The standard InChI is InChI=1S/C18H15NO3/c1-12(20)19-16-9-5-3-7-14(16)11-18(22-13(2)21)15-8-4-6-10-17(15)19/h3-11H,1-2H3. The van der Waals surface area contributed by atoms with Gasteiger partial charge in [-0.05, 0) is 24.3 Å². The van der Waals surface area contributed by atoms with Gasteiger partial charge < -0.3 is 4.74 Å². The van der Waals surface area contributed by atoms with Gasteiger partial charge in [-0.25, -0.2) is 0 Å². The van der Waals surface area contributed by atoms with E-state index in [2.05, 4.69) is 0 Å². The third kappa shape index (κ3) is 2.39. The average molecular weight is 293 g/mol. The first kappa shape index (κ1) is 14.1. The zero-order valence-corrected chi connectivity index (χ0v) is 12.4. The molecule has 1 aliphatic heterocycles. The van der Waals surface area contributed by atoms with Gasteiger partial charge in [0.25, 0.3) is 0 Å². The van der Waals surface area contributed by atoms with Crippen LogP contribution in [0.3, 0.4) is 0 Å². The number of ether oxygens (including phenoxy) is 1. The molecule has 0 N–H and O–H groups in total. The molecule has 2 aromatic carbocycles. The Kier molecular flexibility index (Phi) is 3.51. The van der Waals surface area contributed by atoms with E-state index >= 15 is 0 Å². The maximum Gasteiger partial charge on any atom is 0.308 e. The van der Waals surface area contributed by atoms with Crippen molar-refractivity contribution in [2.45, 2.75) is 13.8 Å². The van der Waals surface area contributed by atoms with Gasteiger partial charge in [0.15, 0.2) is 0 Å². The lowest BCUT2D eigenvalue weighted by atomic mass is 10.1. The van der Waals surface area contributed by atoms with Crippen LogP contribution in [0.25, 0.3) is 11.8 Å². The largest absolute Gasteiger partial charge is 0.426 e. The van der Waals surface area contributed by atoms with Gasteiger partial charge in [-0.2, -0.15) is 0 Å². The van der Waals surface area contributed by atoms with Crippen LogP contribution in [0.5, 0.6) is 0 Å². The van der Waals surface area contributed by atoms with Crippen molar-refractivity contribution in [3.05, 3.63) is 59.7 Å². The number of esters is 1. The summed E-state index contributed by atoms with van der Waals surface area (Å²) in [6.07, 6.45) is 1.79. The summed E-state index contributed by atoms with van der Waals surface area (Å²) in [5, 5.41) is 0. The second-order valence-corrected chi connectivity index (χ2v) is 5.03. The van der Waals surface area contributed by atoms with Crippen LogP contribution < -0.4 is 4.90 Å². The number of nitrogens with zero attached hydrogens (tertiary/aromatic N) is 1. The molecule has 110 valence electrons. The van der Waals surface area contributed by atoms with Crippen molar-refractivity contribution in [2.75, 3.05) is 4.90 Å². The number of hydrogen-bond acceptors (Lipinski definition) is 3. The van der Waals surface area contributed by atoms with Crippen LogP contribution in [-0.4, -0.2) is 11.9 Å². The van der Waals surface area contributed by atoms with Crippen LogP contribution in [0, 0.1) is 0 Å². The minimum absolute atomic E-state index is 0.0997. The number of para-hydroxylation sites is 2. The van der Waals surface area contributed by atoms with Crippen molar-refractivity contribution in [3.63, 3.8) is 0 Å². The quantitative estimate of drug-likeness (QED) is 0.752. The molecule has 0 spiro atoms. The molecule has 22 heavy (non-hydrogen) atoms. The van der Waals surface area contributed by atoms with Crippen LogP contribution in [-0.2, 0) is 14.3 Å². The predicted octanol–water partition coefficient (Wildman–Crippen LogP) is 3.75. The number of amides is 1. The summed E-state index contributed by atoms with van der Waals surface area (Å²) in [7, 11) is 0. The number of rotatable bonds is 1. The van der Waals surface area contributed by atoms with Gasteiger partial charge in [0.2, 0.25) is 5.91 Å². The molecule has 4 nitrogen and oxygen atoms in total. The summed E-state index contributed by atoms with van der Waals surface area (Å²) < 4.78 is 5.37. The van der Waals surface area contributed by atoms with Crippen LogP contribution in [0.4, 0.5) is 11.4 Å². The Morgan fingerprint density at radius 1 is 0.909 bits per heavy atom. The highest BCUT2D eigenvalue weighted by Crippen LogP contribution is 2.40. The van der Waals surface area contributed by atoms with Crippen molar-refractivity contribution in [1.82, 2.24) is 0 Å². The summed E-state index contributed by atoms with van der Waals surface area (Å²) in [5.41, 5.74) is 3.01. The van der Waals surface area contributed by atoms with E-state index in [1.165, 1.54) is 13.8 Å². The highest BCUT2D eigenvalue weighted by Gasteiger charge is 2.25. The Morgan fingerprint density at radius 3 is 2.23 bits per heavy atom. The van der Waals surface area contributed by atoms with Crippen LogP contribution >= 0.6 is 0 Å². The van der Waals surface area contributed by atoms with E-state index in [4.69, 9.17) is 4.74 Å². The van der Waals surface area contributed by atoms with E-state index in [9.17, 15) is 9.59 Å². The normalized spacial score (nSPS) is 12.6. The van der Waals surface area contributed by atoms with E-state index < -0.39 is 5.97 Å². The molecule has 0 atom stereocenters. The molecule has 0 aromatic heterocycles. The third-order valence-electron chi connectivity index (χ3n) is 3.44. The molecule has 0 saturated heterocycles. The molecule has 0 radical (unpaired) electrons. The zero-order valence-electron chi connectivity index (χ0n) is 12.4. The Hall–Kier alpha value is -2.88. The second-order valence-electron chi connectivity index (χ2n) is 5.03. The summed E-state index contributed by atoms with van der Waals surface area (Å²) in [6.45, 7) is 2.88. The van der Waals surface area contributed by atoms with Gasteiger partial charge in [0, 0.05) is 25.0 Å². The molecule has 0 bridgehead atoms. The molecule has 0 saturated carbocycles. The molecule has 4 heteroatoms. The smallest absolute Gasteiger partial charge is 0.308 e. The molecule has 1 amide bonds. The Labute approximate surface area is 128 Å². The molecule has 0 aliphatic carbocycles. The zero-order chi connectivity index (χ0) is 15.7. The first-order valence-corrected chi connectivity index (χ1v) is 6.97. The molecule has 1 heterocycles. The van der Waals surface area contributed by atoms with E-state index in [1.807, 2.05) is 48.5 Å². The van der Waals surface area contributed by atoms with Gasteiger partial charge in [0.05, 0.1) is 11.4 Å². The average Bonchev–Trinajstić information content (AvgIpc) is 2.61. The Bertz CT molecular complexity index is 792. The Morgan fingerprint density at radius 2 is 1.55 bits per heavy atom. The van der Waals surface area contributed by atoms with Crippen molar-refractivity contribution in [2.24, 2.45) is 0 Å². The van der Waals surface area contributed by atoms with Crippen molar-refractivity contribution in [1.29, 1.82) is 0 Å². The van der Waals surface area contributed by atoms with Crippen LogP contribution in [0.1, 0.15) is 25.0 Å². The fourth-order valence-electron chi connectivity index (χ4n) is 2.62. The third-order valence-corrected chi connectivity index (χ3v) is 3.44. The first-order valence-electron chi connectivity index (χ1n) is 6.97. The fraction of sp³-hybridized carbons (Fsp3) is 0.111. The SMILES string of the molecule is CC(=O)OC1=Cc2ccccc2N(C(C)=O)c2ccccc21. The molecular weight excluding hydrogens is 278 g/mol. The Balaban J connectivity index is 2.31. The van der Waals surface area contributed by atoms with E-state index in [0.29, 0.717) is 17.0 Å². The predicted molar refractivity (Wildman–Crippen MR) is 85.3 cm³/mol. The van der Waals surface area contributed by atoms with Crippen molar-refractivity contribution < 1.29 is 14.3 Å². The monoisotopic (exact) mass is 293 g/mol. The first-order chi connectivity index (χ1) is 10.6. The molecule has 0 unspecified atom stereocenters. The lowest BCUT2D eigenvalue weighted by molar-refractivity contribution is -0.134. The van der Waals surface area contributed by atoms with Crippen LogP contribution in [0.2, 0.25) is 0 Å². The van der Waals surface area contributed by atoms with Gasteiger partial charge in [-0.3, -0.25) is 14.5 Å². The summed E-state index contributed by atoms with van der Waals surface area (Å²) in [6, 6.07) is 14.9. The van der Waals surface area contributed by atoms with Crippen molar-refractivity contribution >= 4 is 35.1 Å². The lowest BCUT2D eigenvalue weighted by Gasteiger charge is -2.23. The molecule has 1 aliphatic rings. The number of anilines is 2. The topological polar surface area (TPSA) is 46.6 Å². The number of hydrogen-bond donors (Lipinski definition) is 0. The van der Waals surface area contributed by atoms with Gasteiger partial charge >= 0.3 is 5.97 Å². The maximum atomic E-state index is 12.2. The highest BCUT2D eigenvalue weighted by atomic mass is 16.5. The second kappa shape index (κ2) is 5.48. The van der Waals surface area contributed by atoms with Gasteiger partial charge in [-0.1, -0.05) is 30.3 Å². The molecule has 2 aromatic rings. The fourth-order valence-corrected chi connectivity index (χ4v) is 2.62. The molecule has 0 fully saturated rings.